The highest BCUT2D eigenvalue weighted by molar-refractivity contribution is 6.04. The number of aryl methyl sites for hydroxylation is 1. The molecule has 27 heavy (non-hydrogen) atoms. The third-order valence-electron chi connectivity index (χ3n) is 3.96. The molecule has 0 aliphatic rings. The van der Waals surface area contributed by atoms with Crippen LogP contribution in [-0.2, 0) is 7.05 Å². The summed E-state index contributed by atoms with van der Waals surface area (Å²) < 4.78 is 11.5. The molecule has 2 aromatic carbocycles. The molecule has 0 unspecified atom stereocenters. The number of fused-ring (bicyclic) bond motifs is 1. The van der Waals surface area contributed by atoms with E-state index in [-0.39, 0.29) is 11.3 Å². The molecular weight excluding hydrogens is 348 g/mol. The zero-order valence-electron chi connectivity index (χ0n) is 15.1. The summed E-state index contributed by atoms with van der Waals surface area (Å²) in [6, 6.07) is 12.1. The number of ether oxygens (including phenoxy) is 2. The first-order chi connectivity index (χ1) is 13.0. The Kier molecular flexibility index (Phi) is 5.16. The summed E-state index contributed by atoms with van der Waals surface area (Å²) in [5.74, 6) is 0.636. The second-order valence-corrected chi connectivity index (χ2v) is 5.64. The smallest absolute Gasteiger partial charge is 0.292 e. The zero-order chi connectivity index (χ0) is 19.4. The molecule has 1 aromatic heterocycles. The highest BCUT2D eigenvalue weighted by Gasteiger charge is 2.14. The third-order valence-corrected chi connectivity index (χ3v) is 3.96. The van der Waals surface area contributed by atoms with Crippen LogP contribution in [0, 0.1) is 0 Å². The number of rotatable bonds is 5. The third kappa shape index (κ3) is 3.64. The number of amides is 1. The van der Waals surface area contributed by atoms with Gasteiger partial charge in [-0.2, -0.15) is 10.2 Å². The Bertz CT molecular complexity index is 1090. The van der Waals surface area contributed by atoms with E-state index in [0.29, 0.717) is 27.8 Å². The van der Waals surface area contributed by atoms with Gasteiger partial charge in [0.1, 0.15) is 0 Å². The number of benzene rings is 2. The number of nitrogens with zero attached hydrogens (tertiary/aromatic N) is 3. The van der Waals surface area contributed by atoms with Crippen molar-refractivity contribution in [1.82, 2.24) is 15.2 Å². The van der Waals surface area contributed by atoms with Gasteiger partial charge < -0.3 is 9.47 Å². The molecule has 0 bridgehead atoms. The summed E-state index contributed by atoms with van der Waals surface area (Å²) in [7, 11) is 4.59. The van der Waals surface area contributed by atoms with E-state index in [2.05, 4.69) is 15.6 Å². The van der Waals surface area contributed by atoms with Crippen LogP contribution in [0.4, 0.5) is 0 Å². The molecule has 0 atom stereocenters. The summed E-state index contributed by atoms with van der Waals surface area (Å²) in [6.07, 6.45) is 1.48. The van der Waals surface area contributed by atoms with Crippen molar-refractivity contribution >= 4 is 22.9 Å². The van der Waals surface area contributed by atoms with Crippen molar-refractivity contribution in [2.45, 2.75) is 0 Å². The molecule has 3 aromatic rings. The number of carbonyl (C=O) groups excluding carboxylic acids is 1. The molecule has 3 rings (SSSR count). The molecule has 1 heterocycles. The first-order valence-electron chi connectivity index (χ1n) is 8.06. The summed E-state index contributed by atoms with van der Waals surface area (Å²) >= 11 is 0. The Morgan fingerprint density at radius 2 is 1.81 bits per heavy atom. The van der Waals surface area contributed by atoms with Gasteiger partial charge in [-0.3, -0.25) is 9.59 Å². The van der Waals surface area contributed by atoms with Crippen LogP contribution in [0.15, 0.2) is 52.4 Å². The predicted molar refractivity (Wildman–Crippen MR) is 102 cm³/mol. The fourth-order valence-corrected chi connectivity index (χ4v) is 2.62. The maximum Gasteiger partial charge on any atom is 0.292 e. The molecule has 0 saturated heterocycles. The maximum absolute atomic E-state index is 12.5. The highest BCUT2D eigenvalue weighted by atomic mass is 16.5. The standard InChI is InChI=1S/C19H18N4O4/c1-23-19(25)14-7-5-4-6-13(14)17(22-23)18(24)21-20-11-12-8-9-15(26-2)16(10-12)27-3/h4-11H,1-3H3,(H,21,24)/b20-11-. The summed E-state index contributed by atoms with van der Waals surface area (Å²) in [5, 5.41) is 8.91. The van der Waals surface area contributed by atoms with Crippen LogP contribution in [0.1, 0.15) is 16.1 Å². The lowest BCUT2D eigenvalue weighted by atomic mass is 10.1. The number of carbonyl (C=O) groups is 1. The molecule has 8 nitrogen and oxygen atoms in total. The van der Waals surface area contributed by atoms with Gasteiger partial charge in [0.2, 0.25) is 0 Å². The van der Waals surface area contributed by atoms with Crippen molar-refractivity contribution in [3.05, 3.63) is 64.1 Å². The number of aromatic nitrogens is 2. The van der Waals surface area contributed by atoms with Crippen LogP contribution < -0.4 is 20.5 Å². The fraction of sp³-hybridized carbons (Fsp3) is 0.158. The molecule has 8 heteroatoms. The van der Waals surface area contributed by atoms with Gasteiger partial charge in [0.25, 0.3) is 11.5 Å². The van der Waals surface area contributed by atoms with Gasteiger partial charge in [-0.05, 0) is 29.8 Å². The van der Waals surface area contributed by atoms with E-state index in [9.17, 15) is 9.59 Å². The van der Waals surface area contributed by atoms with Gasteiger partial charge in [-0.25, -0.2) is 10.1 Å². The number of methoxy groups -OCH3 is 2. The first kappa shape index (κ1) is 18.1. The van der Waals surface area contributed by atoms with Gasteiger partial charge in [0.15, 0.2) is 17.2 Å². The van der Waals surface area contributed by atoms with Crippen LogP contribution in [0.2, 0.25) is 0 Å². The molecule has 138 valence electrons. The van der Waals surface area contributed by atoms with Crippen LogP contribution in [0.5, 0.6) is 11.5 Å². The van der Waals surface area contributed by atoms with Crippen molar-refractivity contribution in [2.75, 3.05) is 14.2 Å². The van der Waals surface area contributed by atoms with Gasteiger partial charge >= 0.3 is 0 Å². The largest absolute Gasteiger partial charge is 0.493 e. The summed E-state index contributed by atoms with van der Waals surface area (Å²) in [4.78, 5) is 24.6. The highest BCUT2D eigenvalue weighted by Crippen LogP contribution is 2.26. The fourth-order valence-electron chi connectivity index (χ4n) is 2.62. The van der Waals surface area contributed by atoms with Crippen molar-refractivity contribution in [3.8, 4) is 11.5 Å². The topological polar surface area (TPSA) is 94.8 Å². The molecular formula is C19H18N4O4. The molecule has 0 spiro atoms. The van der Waals surface area contributed by atoms with E-state index in [1.807, 2.05) is 0 Å². The van der Waals surface area contributed by atoms with Gasteiger partial charge in [-0.15, -0.1) is 0 Å². The second-order valence-electron chi connectivity index (χ2n) is 5.64. The summed E-state index contributed by atoms with van der Waals surface area (Å²) in [5.41, 5.74) is 3.00. The van der Waals surface area contributed by atoms with E-state index in [1.165, 1.54) is 20.4 Å². The lowest BCUT2D eigenvalue weighted by Crippen LogP contribution is -2.27. The zero-order valence-corrected chi connectivity index (χ0v) is 15.1. The van der Waals surface area contributed by atoms with E-state index < -0.39 is 5.91 Å². The monoisotopic (exact) mass is 366 g/mol. The van der Waals surface area contributed by atoms with Crippen molar-refractivity contribution in [2.24, 2.45) is 12.1 Å². The number of hydrogen-bond donors (Lipinski definition) is 1. The second kappa shape index (κ2) is 7.69. The van der Waals surface area contributed by atoms with Crippen molar-refractivity contribution < 1.29 is 14.3 Å². The van der Waals surface area contributed by atoms with Gasteiger partial charge in [-0.1, -0.05) is 18.2 Å². The quantitative estimate of drug-likeness (QED) is 0.548. The minimum atomic E-state index is -0.515. The molecule has 0 aliphatic heterocycles. The normalized spacial score (nSPS) is 10.9. The minimum Gasteiger partial charge on any atom is -0.493 e. The molecule has 1 N–H and O–H groups in total. The maximum atomic E-state index is 12.5. The van der Waals surface area contributed by atoms with E-state index >= 15 is 0 Å². The number of nitrogens with one attached hydrogen (secondary N) is 1. The summed E-state index contributed by atoms with van der Waals surface area (Å²) in [6.45, 7) is 0. The molecule has 0 aliphatic carbocycles. The molecule has 1 amide bonds. The predicted octanol–water partition coefficient (Wildman–Crippen LogP) is 1.71. The molecule has 0 fully saturated rings. The van der Waals surface area contributed by atoms with Gasteiger partial charge in [0, 0.05) is 12.4 Å². The van der Waals surface area contributed by atoms with Gasteiger partial charge in [0.05, 0.1) is 25.8 Å². The Labute approximate surface area is 155 Å². The number of hydrogen-bond acceptors (Lipinski definition) is 6. The lowest BCUT2D eigenvalue weighted by Gasteiger charge is -2.08. The SMILES string of the molecule is COc1ccc(/C=N\NC(=O)c2nn(C)c(=O)c3ccccc23)cc1OC. The average molecular weight is 366 g/mol. The van der Waals surface area contributed by atoms with E-state index in [4.69, 9.17) is 9.47 Å². The Morgan fingerprint density at radius 3 is 2.52 bits per heavy atom. The van der Waals surface area contributed by atoms with Crippen molar-refractivity contribution in [3.63, 3.8) is 0 Å². The Hall–Kier alpha value is -3.68. The minimum absolute atomic E-state index is 0.122. The van der Waals surface area contributed by atoms with Crippen molar-refractivity contribution in [1.29, 1.82) is 0 Å². The van der Waals surface area contributed by atoms with E-state index in [0.717, 1.165) is 4.68 Å². The Morgan fingerprint density at radius 1 is 1.11 bits per heavy atom. The molecule has 0 radical (unpaired) electrons. The Balaban J connectivity index is 1.85. The first-order valence-corrected chi connectivity index (χ1v) is 8.06. The van der Waals surface area contributed by atoms with Crippen LogP contribution >= 0.6 is 0 Å². The lowest BCUT2D eigenvalue weighted by molar-refractivity contribution is 0.0950. The average Bonchev–Trinajstić information content (AvgIpc) is 2.70. The van der Waals surface area contributed by atoms with Crippen LogP contribution in [-0.4, -0.2) is 36.1 Å². The van der Waals surface area contributed by atoms with E-state index in [1.54, 1.807) is 49.6 Å². The van der Waals surface area contributed by atoms with Crippen LogP contribution in [0.3, 0.4) is 0 Å². The number of hydrazone groups is 1. The van der Waals surface area contributed by atoms with Crippen LogP contribution in [0.25, 0.3) is 10.8 Å². The molecule has 0 saturated carbocycles.